The van der Waals surface area contributed by atoms with Crippen molar-refractivity contribution in [2.45, 2.75) is 5.41 Å². The molecule has 2 aliphatic carbocycles. The van der Waals surface area contributed by atoms with Crippen LogP contribution in [0.5, 0.6) is 0 Å². The number of hydrogen-bond acceptors (Lipinski definition) is 2. The van der Waals surface area contributed by atoms with E-state index < -0.39 is 5.41 Å². The zero-order valence-electron chi connectivity index (χ0n) is 37.7. The Hall–Kier alpha value is -8.98. The first-order valence-electron chi connectivity index (χ1n) is 23.8. The van der Waals surface area contributed by atoms with Gasteiger partial charge >= 0.3 is 0 Å². The van der Waals surface area contributed by atoms with E-state index in [-0.39, 0.29) is 0 Å². The van der Waals surface area contributed by atoms with Gasteiger partial charge < -0.3 is 9.32 Å². The summed E-state index contributed by atoms with van der Waals surface area (Å²) in [6.07, 6.45) is 0. The van der Waals surface area contributed by atoms with E-state index >= 15 is 0 Å². The summed E-state index contributed by atoms with van der Waals surface area (Å²) in [5, 5.41) is 2.22. The Morgan fingerprint density at radius 2 is 0.652 bits per heavy atom. The lowest BCUT2D eigenvalue weighted by atomic mass is 9.70. The number of rotatable bonds is 7. The Labute approximate surface area is 401 Å². The predicted molar refractivity (Wildman–Crippen MR) is 286 cm³/mol. The van der Waals surface area contributed by atoms with Gasteiger partial charge in [0.2, 0.25) is 0 Å². The molecule has 2 heteroatoms. The molecule has 0 bridgehead atoms. The average molecular weight is 878 g/mol. The maximum absolute atomic E-state index is 6.82. The fraction of sp³-hybridized carbons (Fsp3) is 0.0149. The Morgan fingerprint density at radius 1 is 0.261 bits per heavy atom. The second-order valence-corrected chi connectivity index (χ2v) is 18.4. The highest BCUT2D eigenvalue weighted by atomic mass is 16.3. The normalized spacial score (nSPS) is 12.8. The average Bonchev–Trinajstić information content (AvgIpc) is 4.06. The van der Waals surface area contributed by atoms with Gasteiger partial charge in [-0.2, -0.15) is 0 Å². The third-order valence-electron chi connectivity index (χ3n) is 14.7. The predicted octanol–water partition coefficient (Wildman–Crippen LogP) is 18.1. The monoisotopic (exact) mass is 877 g/mol. The van der Waals surface area contributed by atoms with Gasteiger partial charge in [0.05, 0.1) is 5.41 Å². The lowest BCUT2D eigenvalue weighted by Gasteiger charge is -2.30. The maximum Gasteiger partial charge on any atom is 0.143 e. The highest BCUT2D eigenvalue weighted by Gasteiger charge is 2.51. The van der Waals surface area contributed by atoms with Crippen LogP contribution in [0.15, 0.2) is 265 Å². The van der Waals surface area contributed by atoms with Crippen LogP contribution in [-0.2, 0) is 5.41 Å². The Morgan fingerprint density at radius 3 is 1.19 bits per heavy atom. The van der Waals surface area contributed by atoms with Crippen LogP contribution in [0.3, 0.4) is 0 Å². The number of nitrogens with zero attached hydrogens (tertiary/aromatic N) is 1. The molecule has 1 aromatic heterocycles. The first-order valence-corrected chi connectivity index (χ1v) is 23.8. The molecule has 0 N–H and O–H groups in total. The number of furan rings is 1. The highest BCUT2D eigenvalue weighted by Crippen LogP contribution is 2.63. The molecule has 2 aliphatic rings. The lowest BCUT2D eigenvalue weighted by Crippen LogP contribution is -2.25. The minimum atomic E-state index is -0.391. The molecule has 0 saturated heterocycles. The minimum Gasteiger partial charge on any atom is -0.455 e. The largest absolute Gasteiger partial charge is 0.455 e. The molecule has 0 fully saturated rings. The van der Waals surface area contributed by atoms with Crippen molar-refractivity contribution < 1.29 is 4.42 Å². The van der Waals surface area contributed by atoms with Gasteiger partial charge in [0.1, 0.15) is 11.2 Å². The van der Waals surface area contributed by atoms with E-state index in [2.05, 4.69) is 266 Å². The summed E-state index contributed by atoms with van der Waals surface area (Å²) in [6, 6.07) is 95.2. The van der Waals surface area contributed by atoms with E-state index in [1.54, 1.807) is 0 Å². The standard InChI is InChI=1S/C67H43NO/c1-3-15-44(16-4-1)46-27-34-51(35-28-46)68(52-36-29-47(30-37-52)45-17-5-2-6-18-45)53-38-31-48(32-39-53)50-42-58(66-60(43-50)57-22-10-14-26-65(57)69-66)49-33-40-64-59(41-49)56-21-9-13-25-63(56)67(64)61-23-11-7-19-54(61)55-20-8-12-24-62(55)67/h1-43H. The third-order valence-corrected chi connectivity index (χ3v) is 14.7. The maximum atomic E-state index is 6.82. The van der Waals surface area contributed by atoms with Crippen LogP contribution < -0.4 is 4.90 Å². The van der Waals surface area contributed by atoms with Gasteiger partial charge in [-0.25, -0.2) is 0 Å². The van der Waals surface area contributed by atoms with Gasteiger partial charge in [-0.15, -0.1) is 0 Å². The van der Waals surface area contributed by atoms with Crippen molar-refractivity contribution in [3.8, 4) is 66.8 Å². The van der Waals surface area contributed by atoms with Gasteiger partial charge in [-0.1, -0.05) is 200 Å². The van der Waals surface area contributed by atoms with Crippen LogP contribution in [-0.4, -0.2) is 0 Å². The van der Waals surface area contributed by atoms with Crippen LogP contribution in [0.2, 0.25) is 0 Å². The fourth-order valence-electron chi connectivity index (χ4n) is 11.6. The van der Waals surface area contributed by atoms with Crippen LogP contribution >= 0.6 is 0 Å². The zero-order chi connectivity index (χ0) is 45.5. The van der Waals surface area contributed by atoms with Crippen molar-refractivity contribution in [1.82, 2.24) is 0 Å². The van der Waals surface area contributed by atoms with Gasteiger partial charge in [0.25, 0.3) is 0 Å². The molecular weight excluding hydrogens is 835 g/mol. The summed E-state index contributed by atoms with van der Waals surface area (Å²) in [6.45, 7) is 0. The SMILES string of the molecule is c1ccc(-c2ccc(N(c3ccc(-c4ccccc4)cc3)c3ccc(-c4cc(-c5ccc6c(c5)-c5ccccc5C65c6ccccc6-c6ccccc65)c5oc6ccccc6c5c4)cc3)cc2)cc1. The van der Waals surface area contributed by atoms with E-state index in [1.807, 2.05) is 0 Å². The van der Waals surface area contributed by atoms with Gasteiger partial charge in [0, 0.05) is 33.4 Å². The first kappa shape index (κ1) is 39.2. The van der Waals surface area contributed by atoms with Gasteiger partial charge in [-0.05, 0) is 144 Å². The number of hydrogen-bond donors (Lipinski definition) is 0. The van der Waals surface area contributed by atoms with Crippen LogP contribution in [0.4, 0.5) is 17.1 Å². The molecule has 2 nitrogen and oxygen atoms in total. The molecule has 0 amide bonds. The fourth-order valence-corrected chi connectivity index (χ4v) is 11.6. The van der Waals surface area contributed by atoms with Crippen molar-refractivity contribution in [1.29, 1.82) is 0 Å². The highest BCUT2D eigenvalue weighted by molar-refractivity contribution is 6.12. The molecule has 1 spiro atoms. The molecule has 0 radical (unpaired) electrons. The smallest absolute Gasteiger partial charge is 0.143 e. The number of benzene rings is 11. The van der Waals surface area contributed by atoms with E-state index in [9.17, 15) is 0 Å². The van der Waals surface area contributed by atoms with E-state index in [4.69, 9.17) is 4.42 Å². The molecule has 69 heavy (non-hydrogen) atoms. The second-order valence-electron chi connectivity index (χ2n) is 18.4. The quantitative estimate of drug-likeness (QED) is 0.159. The number of fused-ring (bicyclic) bond motifs is 13. The molecule has 12 aromatic rings. The van der Waals surface area contributed by atoms with Crippen molar-refractivity contribution in [2.75, 3.05) is 4.90 Å². The topological polar surface area (TPSA) is 16.4 Å². The minimum absolute atomic E-state index is 0.391. The Balaban J connectivity index is 0.898. The third kappa shape index (κ3) is 6.06. The second kappa shape index (κ2) is 15.6. The summed E-state index contributed by atoms with van der Waals surface area (Å²) in [4.78, 5) is 2.35. The molecule has 11 aromatic carbocycles. The van der Waals surface area contributed by atoms with E-state index in [1.165, 1.54) is 66.8 Å². The number of anilines is 3. The zero-order valence-corrected chi connectivity index (χ0v) is 37.7. The summed E-state index contributed by atoms with van der Waals surface area (Å²) < 4.78 is 6.82. The van der Waals surface area contributed by atoms with E-state index in [0.29, 0.717) is 0 Å². The Bertz CT molecular complexity index is 3790. The lowest BCUT2D eigenvalue weighted by molar-refractivity contribution is 0.670. The molecule has 0 saturated carbocycles. The molecule has 0 atom stereocenters. The summed E-state index contributed by atoms with van der Waals surface area (Å²) >= 11 is 0. The molecule has 0 unspecified atom stereocenters. The molecule has 14 rings (SSSR count). The first-order chi connectivity index (χ1) is 34.2. The van der Waals surface area contributed by atoms with Crippen molar-refractivity contribution in [2.24, 2.45) is 0 Å². The van der Waals surface area contributed by atoms with Crippen LogP contribution in [0.1, 0.15) is 22.3 Å². The summed E-state index contributed by atoms with van der Waals surface area (Å²) in [5.41, 5.74) is 24.5. The molecule has 0 aliphatic heterocycles. The summed E-state index contributed by atoms with van der Waals surface area (Å²) in [5.74, 6) is 0. The molecule has 1 heterocycles. The van der Waals surface area contributed by atoms with Gasteiger partial charge in [0.15, 0.2) is 0 Å². The van der Waals surface area contributed by atoms with E-state index in [0.717, 1.165) is 61.3 Å². The summed E-state index contributed by atoms with van der Waals surface area (Å²) in [7, 11) is 0. The van der Waals surface area contributed by atoms with Crippen molar-refractivity contribution in [3.63, 3.8) is 0 Å². The van der Waals surface area contributed by atoms with Crippen LogP contribution in [0.25, 0.3) is 88.7 Å². The molecule has 322 valence electrons. The number of para-hydroxylation sites is 1. The van der Waals surface area contributed by atoms with Crippen molar-refractivity contribution >= 4 is 39.0 Å². The van der Waals surface area contributed by atoms with Crippen LogP contribution in [0, 0.1) is 0 Å². The molecular formula is C67H43NO. The van der Waals surface area contributed by atoms with Crippen molar-refractivity contribution in [3.05, 3.63) is 283 Å². The van der Waals surface area contributed by atoms with Gasteiger partial charge in [-0.3, -0.25) is 0 Å². The Kier molecular flexibility index (Phi) is 8.84.